The summed E-state index contributed by atoms with van der Waals surface area (Å²) in [5, 5.41) is 11.6. The molecule has 0 spiro atoms. The molecule has 2 N–H and O–H groups in total. The molecule has 5 rings (SSSR count). The van der Waals surface area contributed by atoms with E-state index in [0.717, 1.165) is 11.1 Å². The summed E-state index contributed by atoms with van der Waals surface area (Å²) in [6, 6.07) is 15.6. The van der Waals surface area contributed by atoms with Crippen LogP contribution in [0.1, 0.15) is 31.0 Å². The first kappa shape index (κ1) is 29.1. The monoisotopic (exact) mass is 609 g/mol. The Labute approximate surface area is 253 Å². The van der Waals surface area contributed by atoms with Crippen LogP contribution < -0.4 is 29.6 Å². The van der Waals surface area contributed by atoms with E-state index in [0.29, 0.717) is 69.2 Å². The van der Waals surface area contributed by atoms with Crippen molar-refractivity contribution in [1.82, 2.24) is 14.8 Å². The zero-order valence-electron chi connectivity index (χ0n) is 23.4. The second-order valence-electron chi connectivity index (χ2n) is 9.29. The van der Waals surface area contributed by atoms with Gasteiger partial charge in [-0.25, -0.2) is 4.68 Å². The molecule has 0 aliphatic carbocycles. The van der Waals surface area contributed by atoms with Crippen LogP contribution in [-0.2, 0) is 11.4 Å². The SMILES string of the molecule is CCOc1cc([C@H]2C(C(=O)Nc3cc(OC)c(Cl)cc3OC)=C(C)Nc3ncnn32)ccc1OCc1ccc(Cl)cc1. The minimum absolute atomic E-state index is 0.330. The number of nitrogens with one attached hydrogen (secondary N) is 2. The van der Waals surface area contributed by atoms with Crippen molar-refractivity contribution >= 4 is 40.7 Å². The molecule has 3 aromatic carbocycles. The van der Waals surface area contributed by atoms with E-state index in [9.17, 15) is 4.79 Å². The van der Waals surface area contributed by atoms with Gasteiger partial charge in [-0.15, -0.1) is 0 Å². The Hall–Kier alpha value is -4.41. The molecule has 218 valence electrons. The van der Waals surface area contributed by atoms with Crippen LogP contribution in [0.15, 0.2) is 72.2 Å². The molecule has 12 heteroatoms. The van der Waals surface area contributed by atoms with Crippen LogP contribution in [0.3, 0.4) is 0 Å². The molecule has 2 heterocycles. The summed E-state index contributed by atoms with van der Waals surface area (Å²) < 4.78 is 24.5. The summed E-state index contributed by atoms with van der Waals surface area (Å²) >= 11 is 12.3. The van der Waals surface area contributed by atoms with Gasteiger partial charge >= 0.3 is 0 Å². The molecule has 1 aliphatic heterocycles. The number of fused-ring (bicyclic) bond motifs is 1. The van der Waals surface area contributed by atoms with Gasteiger partial charge in [-0.05, 0) is 49.2 Å². The Kier molecular flexibility index (Phi) is 8.75. The highest BCUT2D eigenvalue weighted by atomic mass is 35.5. The van der Waals surface area contributed by atoms with Gasteiger partial charge in [0, 0.05) is 22.9 Å². The van der Waals surface area contributed by atoms with Crippen molar-refractivity contribution in [3.8, 4) is 23.0 Å². The summed E-state index contributed by atoms with van der Waals surface area (Å²) in [6.45, 7) is 4.46. The highest BCUT2D eigenvalue weighted by molar-refractivity contribution is 6.32. The van der Waals surface area contributed by atoms with Crippen molar-refractivity contribution in [2.24, 2.45) is 0 Å². The fourth-order valence-corrected chi connectivity index (χ4v) is 5.02. The fourth-order valence-electron chi connectivity index (χ4n) is 4.67. The molecule has 4 aromatic rings. The van der Waals surface area contributed by atoms with E-state index in [1.807, 2.05) is 56.3 Å². The lowest BCUT2D eigenvalue weighted by atomic mass is 9.94. The first-order chi connectivity index (χ1) is 20.3. The third-order valence-corrected chi connectivity index (χ3v) is 7.20. The summed E-state index contributed by atoms with van der Waals surface area (Å²) in [5.41, 5.74) is 3.13. The van der Waals surface area contributed by atoms with Crippen molar-refractivity contribution in [3.05, 3.63) is 93.4 Å². The Morgan fingerprint density at radius 3 is 2.45 bits per heavy atom. The molecule has 0 fully saturated rings. The van der Waals surface area contributed by atoms with E-state index in [1.54, 1.807) is 16.8 Å². The number of halogens is 2. The number of hydrogen-bond acceptors (Lipinski definition) is 8. The number of carbonyl (C=O) groups is 1. The molecular formula is C30H29Cl2N5O5. The van der Waals surface area contributed by atoms with E-state index in [2.05, 4.69) is 20.7 Å². The number of amides is 1. The maximum Gasteiger partial charge on any atom is 0.255 e. The molecule has 1 atom stereocenters. The first-order valence-corrected chi connectivity index (χ1v) is 13.8. The third kappa shape index (κ3) is 5.95. The number of anilines is 2. The number of benzene rings is 3. The first-order valence-electron chi connectivity index (χ1n) is 13.1. The van der Waals surface area contributed by atoms with Crippen molar-refractivity contribution in [2.75, 3.05) is 31.5 Å². The van der Waals surface area contributed by atoms with Crippen LogP contribution in [0.25, 0.3) is 0 Å². The highest BCUT2D eigenvalue weighted by Crippen LogP contribution is 2.41. The Balaban J connectivity index is 1.50. The summed E-state index contributed by atoms with van der Waals surface area (Å²) in [5.74, 6) is 2.00. The van der Waals surface area contributed by atoms with Crippen LogP contribution in [0, 0.1) is 0 Å². The van der Waals surface area contributed by atoms with Gasteiger partial charge in [0.05, 0.1) is 37.1 Å². The number of nitrogens with zero attached hydrogens (tertiary/aromatic N) is 3. The highest BCUT2D eigenvalue weighted by Gasteiger charge is 2.34. The largest absolute Gasteiger partial charge is 0.495 e. The van der Waals surface area contributed by atoms with Crippen LogP contribution in [0.2, 0.25) is 10.0 Å². The molecule has 10 nitrogen and oxygen atoms in total. The molecule has 0 saturated heterocycles. The van der Waals surface area contributed by atoms with Crippen LogP contribution >= 0.6 is 23.2 Å². The smallest absolute Gasteiger partial charge is 0.255 e. The molecule has 42 heavy (non-hydrogen) atoms. The number of carbonyl (C=O) groups excluding carboxylic acids is 1. The van der Waals surface area contributed by atoms with Gasteiger partial charge in [0.2, 0.25) is 5.95 Å². The minimum Gasteiger partial charge on any atom is -0.495 e. The lowest BCUT2D eigenvalue weighted by Crippen LogP contribution is -2.31. The molecule has 0 radical (unpaired) electrons. The molecule has 0 unspecified atom stereocenters. The van der Waals surface area contributed by atoms with Gasteiger partial charge in [0.1, 0.15) is 30.5 Å². The van der Waals surface area contributed by atoms with E-state index in [4.69, 9.17) is 42.1 Å². The average molecular weight is 610 g/mol. The second kappa shape index (κ2) is 12.6. The van der Waals surface area contributed by atoms with E-state index in [-0.39, 0.29) is 5.91 Å². The minimum atomic E-state index is -0.631. The maximum atomic E-state index is 13.9. The number of aromatic nitrogens is 3. The number of allylic oxidation sites excluding steroid dienone is 1. The second-order valence-corrected chi connectivity index (χ2v) is 10.1. The molecule has 1 aliphatic rings. The Morgan fingerprint density at radius 2 is 1.74 bits per heavy atom. The van der Waals surface area contributed by atoms with Crippen LogP contribution in [-0.4, -0.2) is 41.5 Å². The van der Waals surface area contributed by atoms with Gasteiger partial charge in [0.15, 0.2) is 11.5 Å². The van der Waals surface area contributed by atoms with E-state index in [1.165, 1.54) is 20.5 Å². The van der Waals surface area contributed by atoms with Gasteiger partial charge in [0.25, 0.3) is 5.91 Å². The quantitative estimate of drug-likeness (QED) is 0.209. The average Bonchev–Trinajstić information content (AvgIpc) is 3.45. The molecule has 1 aromatic heterocycles. The van der Waals surface area contributed by atoms with Crippen molar-refractivity contribution in [3.63, 3.8) is 0 Å². The normalized spacial score (nSPS) is 14.1. The molecule has 1 amide bonds. The van der Waals surface area contributed by atoms with Crippen LogP contribution in [0.5, 0.6) is 23.0 Å². The Morgan fingerprint density at radius 1 is 0.976 bits per heavy atom. The predicted molar refractivity (Wildman–Crippen MR) is 161 cm³/mol. The Bertz CT molecular complexity index is 1640. The van der Waals surface area contributed by atoms with Gasteiger partial charge in [-0.3, -0.25) is 4.79 Å². The topological polar surface area (TPSA) is 109 Å². The van der Waals surface area contributed by atoms with Crippen LogP contribution in [0.4, 0.5) is 11.6 Å². The van der Waals surface area contributed by atoms with Crippen molar-refractivity contribution in [1.29, 1.82) is 0 Å². The standard InChI is InChI=1S/C30H29Cl2N5O5/c1-5-41-26-12-19(8-11-23(26)42-15-18-6-9-20(31)10-7-18)28-27(17(2)35-30-33-16-34-37(28)30)29(38)36-22-14-24(39-3)21(32)13-25(22)40-4/h6-14,16,28H,5,15H2,1-4H3,(H,36,38)(H,33,34,35)/t28-/m0/s1. The zero-order chi connectivity index (χ0) is 29.8. The molecule has 0 saturated carbocycles. The lowest BCUT2D eigenvalue weighted by Gasteiger charge is -2.29. The lowest BCUT2D eigenvalue weighted by molar-refractivity contribution is -0.113. The van der Waals surface area contributed by atoms with Gasteiger partial charge in [-0.2, -0.15) is 10.1 Å². The maximum absolute atomic E-state index is 13.9. The number of rotatable bonds is 10. The third-order valence-electron chi connectivity index (χ3n) is 6.65. The molecule has 0 bridgehead atoms. The molecular weight excluding hydrogens is 581 g/mol. The summed E-state index contributed by atoms with van der Waals surface area (Å²) in [7, 11) is 2.99. The van der Waals surface area contributed by atoms with Crippen molar-refractivity contribution in [2.45, 2.75) is 26.5 Å². The van der Waals surface area contributed by atoms with Crippen molar-refractivity contribution < 1.29 is 23.7 Å². The zero-order valence-corrected chi connectivity index (χ0v) is 24.9. The van der Waals surface area contributed by atoms with E-state index >= 15 is 0 Å². The fraction of sp³-hybridized carbons (Fsp3) is 0.233. The summed E-state index contributed by atoms with van der Waals surface area (Å²) in [6.07, 6.45) is 1.43. The van der Waals surface area contributed by atoms with E-state index < -0.39 is 6.04 Å². The van der Waals surface area contributed by atoms with Gasteiger partial charge < -0.3 is 29.6 Å². The predicted octanol–water partition coefficient (Wildman–Crippen LogP) is 6.51. The number of methoxy groups -OCH3 is 2. The van der Waals surface area contributed by atoms with Gasteiger partial charge in [-0.1, -0.05) is 41.4 Å². The number of hydrogen-bond donors (Lipinski definition) is 2. The summed E-state index contributed by atoms with van der Waals surface area (Å²) in [4.78, 5) is 18.3. The number of ether oxygens (including phenoxy) is 4.